The zero-order valence-corrected chi connectivity index (χ0v) is 9.90. The van der Waals surface area contributed by atoms with Crippen LogP contribution in [-0.2, 0) is 6.42 Å². The fourth-order valence-corrected chi connectivity index (χ4v) is 1.75. The van der Waals surface area contributed by atoms with Crippen molar-refractivity contribution in [2.24, 2.45) is 0 Å². The summed E-state index contributed by atoms with van der Waals surface area (Å²) < 4.78 is 25.8. The van der Waals surface area contributed by atoms with Crippen molar-refractivity contribution in [1.82, 2.24) is 4.98 Å². The first-order valence-electron chi connectivity index (χ1n) is 5.61. The lowest BCUT2D eigenvalue weighted by atomic mass is 10.0. The number of hydrogen-bond donors (Lipinski definition) is 1. The quantitative estimate of drug-likeness (QED) is 0.907. The average molecular weight is 249 g/mol. The molecule has 1 heterocycles. The molecule has 0 saturated heterocycles. The Morgan fingerprint density at radius 3 is 2.67 bits per heavy atom. The second kappa shape index (κ2) is 5.23. The number of halogens is 2. The average Bonchev–Trinajstić information content (AvgIpc) is 2.35. The molecule has 4 heteroatoms. The minimum absolute atomic E-state index is 0.276. The van der Waals surface area contributed by atoms with Crippen LogP contribution in [0.25, 0.3) is 0 Å². The Balaban J connectivity index is 2.19. The van der Waals surface area contributed by atoms with E-state index in [0.717, 1.165) is 23.4 Å². The highest BCUT2D eigenvalue weighted by Crippen LogP contribution is 2.20. The van der Waals surface area contributed by atoms with E-state index in [9.17, 15) is 13.9 Å². The molecule has 94 valence electrons. The van der Waals surface area contributed by atoms with Crippen molar-refractivity contribution >= 4 is 0 Å². The Morgan fingerprint density at radius 2 is 2.00 bits per heavy atom. The molecular weight excluding hydrogens is 236 g/mol. The van der Waals surface area contributed by atoms with Crippen LogP contribution in [0.1, 0.15) is 22.9 Å². The van der Waals surface area contributed by atoms with Gasteiger partial charge in [-0.25, -0.2) is 8.78 Å². The summed E-state index contributed by atoms with van der Waals surface area (Å²) in [5.41, 5.74) is 2.05. The van der Waals surface area contributed by atoms with E-state index in [1.54, 1.807) is 6.20 Å². The van der Waals surface area contributed by atoms with E-state index in [-0.39, 0.29) is 6.42 Å². The van der Waals surface area contributed by atoms with Crippen molar-refractivity contribution in [3.8, 4) is 0 Å². The molecule has 1 N–H and O–H groups in total. The molecule has 0 spiro atoms. The number of benzene rings is 1. The smallest absolute Gasteiger partial charge is 0.159 e. The molecule has 0 radical (unpaired) electrons. The third-order valence-corrected chi connectivity index (χ3v) is 2.83. The molecule has 0 amide bonds. The monoisotopic (exact) mass is 249 g/mol. The molecule has 1 atom stereocenters. The van der Waals surface area contributed by atoms with E-state index < -0.39 is 17.7 Å². The number of aromatic nitrogens is 1. The summed E-state index contributed by atoms with van der Waals surface area (Å²) >= 11 is 0. The number of aryl methyl sites for hydroxylation is 1. The van der Waals surface area contributed by atoms with Gasteiger partial charge >= 0.3 is 0 Å². The van der Waals surface area contributed by atoms with Gasteiger partial charge in [0.1, 0.15) is 0 Å². The SMILES string of the molecule is Cc1cccnc1CC(O)c1ccc(F)c(F)c1. The molecule has 0 fully saturated rings. The second-order valence-corrected chi connectivity index (χ2v) is 4.16. The Morgan fingerprint density at radius 1 is 1.22 bits per heavy atom. The maximum atomic E-state index is 13.1. The second-order valence-electron chi connectivity index (χ2n) is 4.16. The number of pyridine rings is 1. The third kappa shape index (κ3) is 2.71. The molecule has 0 aliphatic carbocycles. The third-order valence-electron chi connectivity index (χ3n) is 2.83. The highest BCUT2D eigenvalue weighted by atomic mass is 19.2. The van der Waals surface area contributed by atoms with Gasteiger partial charge in [0, 0.05) is 18.3 Å². The lowest BCUT2D eigenvalue weighted by molar-refractivity contribution is 0.176. The van der Waals surface area contributed by atoms with Gasteiger partial charge < -0.3 is 5.11 Å². The number of aliphatic hydroxyl groups is 1. The molecule has 0 aliphatic rings. The van der Waals surface area contributed by atoms with Crippen LogP contribution >= 0.6 is 0 Å². The predicted molar refractivity (Wildman–Crippen MR) is 64.0 cm³/mol. The van der Waals surface area contributed by atoms with Crippen LogP contribution < -0.4 is 0 Å². The van der Waals surface area contributed by atoms with Gasteiger partial charge in [0.05, 0.1) is 6.10 Å². The van der Waals surface area contributed by atoms with Gasteiger partial charge in [-0.3, -0.25) is 4.98 Å². The van der Waals surface area contributed by atoms with Gasteiger partial charge in [-0.1, -0.05) is 12.1 Å². The number of rotatable bonds is 3. The molecule has 1 unspecified atom stereocenters. The van der Waals surface area contributed by atoms with Crippen LogP contribution in [0, 0.1) is 18.6 Å². The zero-order valence-electron chi connectivity index (χ0n) is 9.90. The largest absolute Gasteiger partial charge is 0.388 e. The Labute approximate surface area is 104 Å². The summed E-state index contributed by atoms with van der Waals surface area (Å²) in [6.45, 7) is 1.89. The number of aliphatic hydroxyl groups excluding tert-OH is 1. The first-order valence-corrected chi connectivity index (χ1v) is 5.61. The molecule has 1 aromatic heterocycles. The molecule has 2 rings (SSSR count). The first-order chi connectivity index (χ1) is 8.58. The highest BCUT2D eigenvalue weighted by Gasteiger charge is 2.13. The molecule has 0 aliphatic heterocycles. The first kappa shape index (κ1) is 12.6. The summed E-state index contributed by atoms with van der Waals surface area (Å²) in [7, 11) is 0. The van der Waals surface area contributed by atoms with Gasteiger partial charge in [0.2, 0.25) is 0 Å². The fraction of sp³-hybridized carbons (Fsp3) is 0.214. The van der Waals surface area contributed by atoms with Crippen LogP contribution in [-0.4, -0.2) is 10.1 Å². The van der Waals surface area contributed by atoms with Crippen LogP contribution in [0.3, 0.4) is 0 Å². The fourth-order valence-electron chi connectivity index (χ4n) is 1.75. The lowest BCUT2D eigenvalue weighted by Gasteiger charge is -2.12. The van der Waals surface area contributed by atoms with Crippen LogP contribution in [0.2, 0.25) is 0 Å². The van der Waals surface area contributed by atoms with Crippen molar-refractivity contribution in [3.05, 3.63) is 65.0 Å². The van der Waals surface area contributed by atoms with E-state index in [1.165, 1.54) is 6.07 Å². The van der Waals surface area contributed by atoms with Crippen LogP contribution in [0.5, 0.6) is 0 Å². The Hall–Kier alpha value is -1.81. The molecule has 2 nitrogen and oxygen atoms in total. The topological polar surface area (TPSA) is 33.1 Å². The maximum Gasteiger partial charge on any atom is 0.159 e. The summed E-state index contributed by atoms with van der Waals surface area (Å²) in [4.78, 5) is 4.16. The number of nitrogens with zero attached hydrogens (tertiary/aromatic N) is 1. The van der Waals surface area contributed by atoms with E-state index in [4.69, 9.17) is 0 Å². The zero-order chi connectivity index (χ0) is 13.1. The predicted octanol–water partition coefficient (Wildman–Crippen LogP) is 2.94. The molecular formula is C14H13F2NO. The number of hydrogen-bond acceptors (Lipinski definition) is 2. The minimum Gasteiger partial charge on any atom is -0.388 e. The normalized spacial score (nSPS) is 12.4. The van der Waals surface area contributed by atoms with Gasteiger partial charge in [-0.05, 0) is 36.2 Å². The van der Waals surface area contributed by atoms with Gasteiger partial charge in [0.25, 0.3) is 0 Å². The van der Waals surface area contributed by atoms with Crippen LogP contribution in [0.15, 0.2) is 36.5 Å². The highest BCUT2D eigenvalue weighted by molar-refractivity contribution is 5.24. The van der Waals surface area contributed by atoms with Crippen molar-refractivity contribution in [2.45, 2.75) is 19.4 Å². The standard InChI is InChI=1S/C14H13F2NO/c1-9-3-2-6-17-13(9)8-14(18)10-4-5-11(15)12(16)7-10/h2-7,14,18H,8H2,1H3. The summed E-state index contributed by atoms with van der Waals surface area (Å²) in [6.07, 6.45) is 1.02. The van der Waals surface area contributed by atoms with Gasteiger partial charge in [-0.15, -0.1) is 0 Å². The van der Waals surface area contributed by atoms with Gasteiger partial charge in [0.15, 0.2) is 11.6 Å². The van der Waals surface area contributed by atoms with Crippen molar-refractivity contribution in [1.29, 1.82) is 0 Å². The molecule has 1 aromatic carbocycles. The van der Waals surface area contributed by atoms with E-state index >= 15 is 0 Å². The molecule has 0 bridgehead atoms. The summed E-state index contributed by atoms with van der Waals surface area (Å²) in [5.74, 6) is -1.87. The van der Waals surface area contributed by atoms with Crippen molar-refractivity contribution < 1.29 is 13.9 Å². The lowest BCUT2D eigenvalue weighted by Crippen LogP contribution is -2.05. The minimum atomic E-state index is -0.954. The Bertz CT molecular complexity index is 557. The van der Waals surface area contributed by atoms with E-state index in [1.807, 2.05) is 19.1 Å². The van der Waals surface area contributed by atoms with E-state index in [0.29, 0.717) is 5.56 Å². The summed E-state index contributed by atoms with van der Waals surface area (Å²) in [6, 6.07) is 7.10. The van der Waals surface area contributed by atoms with Crippen molar-refractivity contribution in [2.75, 3.05) is 0 Å². The summed E-state index contributed by atoms with van der Waals surface area (Å²) in [5, 5.41) is 9.98. The molecule has 18 heavy (non-hydrogen) atoms. The molecule has 2 aromatic rings. The van der Waals surface area contributed by atoms with Crippen LogP contribution in [0.4, 0.5) is 8.78 Å². The molecule has 0 saturated carbocycles. The maximum absolute atomic E-state index is 13.1. The van der Waals surface area contributed by atoms with Gasteiger partial charge in [-0.2, -0.15) is 0 Å². The van der Waals surface area contributed by atoms with E-state index in [2.05, 4.69) is 4.98 Å². The Kier molecular flexibility index (Phi) is 3.67. The van der Waals surface area contributed by atoms with Crippen molar-refractivity contribution in [3.63, 3.8) is 0 Å².